The molecule has 2 aliphatic rings. The summed E-state index contributed by atoms with van der Waals surface area (Å²) in [5, 5.41) is 2.76. The van der Waals surface area contributed by atoms with E-state index in [2.05, 4.69) is 17.1 Å². The van der Waals surface area contributed by atoms with Crippen LogP contribution >= 0.6 is 0 Å². The summed E-state index contributed by atoms with van der Waals surface area (Å²) in [5.41, 5.74) is 2.35. The monoisotopic (exact) mass is 393 g/mol. The van der Waals surface area contributed by atoms with E-state index in [0.717, 1.165) is 17.1 Å². The van der Waals surface area contributed by atoms with E-state index in [9.17, 15) is 14.4 Å². The second kappa shape index (κ2) is 7.67. The van der Waals surface area contributed by atoms with E-state index in [-0.39, 0.29) is 18.7 Å². The highest BCUT2D eigenvalue weighted by atomic mass is 16.5. The fourth-order valence-corrected chi connectivity index (χ4v) is 3.73. The van der Waals surface area contributed by atoms with Crippen LogP contribution in [0.5, 0.6) is 0 Å². The van der Waals surface area contributed by atoms with Gasteiger partial charge in [-0.3, -0.25) is 19.3 Å². The van der Waals surface area contributed by atoms with Gasteiger partial charge in [0, 0.05) is 24.0 Å². The smallest absolute Gasteiger partial charge is 0.262 e. The topological polar surface area (TPSA) is 79.0 Å². The quantitative estimate of drug-likeness (QED) is 0.808. The first-order valence-corrected chi connectivity index (χ1v) is 9.67. The van der Waals surface area contributed by atoms with Gasteiger partial charge in [0.15, 0.2) is 0 Å². The second-order valence-electron chi connectivity index (χ2n) is 7.48. The summed E-state index contributed by atoms with van der Waals surface area (Å²) < 4.78 is 5.66. The number of hydrogen-bond acceptors (Lipinski definition) is 5. The average molecular weight is 393 g/mol. The number of nitrogens with zero attached hydrogens (tertiary/aromatic N) is 2. The number of rotatable bonds is 4. The summed E-state index contributed by atoms with van der Waals surface area (Å²) in [6.07, 6.45) is 0.172. The van der Waals surface area contributed by atoms with Crippen LogP contribution in [0.3, 0.4) is 0 Å². The van der Waals surface area contributed by atoms with Crippen molar-refractivity contribution >= 4 is 29.1 Å². The number of fused-ring (bicyclic) bond motifs is 1. The molecule has 7 nitrogen and oxygen atoms in total. The maximum absolute atomic E-state index is 12.4. The number of carbonyl (C=O) groups is 3. The Kier molecular flexibility index (Phi) is 5.07. The summed E-state index contributed by atoms with van der Waals surface area (Å²) in [6, 6.07) is 14.4. The van der Waals surface area contributed by atoms with Crippen molar-refractivity contribution in [2.45, 2.75) is 26.0 Å². The van der Waals surface area contributed by atoms with E-state index < -0.39 is 17.7 Å². The van der Waals surface area contributed by atoms with Crippen LogP contribution in [0.25, 0.3) is 0 Å². The van der Waals surface area contributed by atoms with Gasteiger partial charge in [0.1, 0.15) is 6.54 Å². The summed E-state index contributed by atoms with van der Waals surface area (Å²) in [4.78, 5) is 40.4. The van der Waals surface area contributed by atoms with Crippen molar-refractivity contribution in [3.8, 4) is 0 Å². The molecule has 1 saturated heterocycles. The SMILES string of the molecule is CC1CN(c2ccc(NC(=O)CN3C(=O)c4ccccc4C3=O)cc2)C(C)CO1. The number of anilines is 2. The Morgan fingerprint density at radius 2 is 1.66 bits per heavy atom. The van der Waals surface area contributed by atoms with Gasteiger partial charge in [-0.15, -0.1) is 0 Å². The zero-order chi connectivity index (χ0) is 20.5. The summed E-state index contributed by atoms with van der Waals surface area (Å²) in [5.74, 6) is -1.29. The molecule has 29 heavy (non-hydrogen) atoms. The molecule has 1 fully saturated rings. The standard InChI is InChI=1S/C22H23N3O4/c1-14-13-29-15(2)11-24(14)17-9-7-16(8-10-17)23-20(26)12-25-21(27)18-5-3-4-6-19(18)22(25)28/h3-10,14-15H,11-13H2,1-2H3,(H,23,26). The Labute approximate surface area is 169 Å². The van der Waals surface area contributed by atoms with E-state index in [1.54, 1.807) is 24.3 Å². The number of nitrogens with one attached hydrogen (secondary N) is 1. The van der Waals surface area contributed by atoms with Crippen LogP contribution in [0.15, 0.2) is 48.5 Å². The Bertz CT molecular complexity index is 922. The van der Waals surface area contributed by atoms with Gasteiger partial charge in [-0.25, -0.2) is 0 Å². The van der Waals surface area contributed by atoms with Crippen LogP contribution in [0, 0.1) is 0 Å². The van der Waals surface area contributed by atoms with E-state index in [1.165, 1.54) is 0 Å². The van der Waals surface area contributed by atoms with Crippen LogP contribution < -0.4 is 10.2 Å². The van der Waals surface area contributed by atoms with Crippen molar-refractivity contribution in [1.82, 2.24) is 4.90 Å². The average Bonchev–Trinajstić information content (AvgIpc) is 2.96. The van der Waals surface area contributed by atoms with Crippen molar-refractivity contribution in [2.75, 3.05) is 29.9 Å². The van der Waals surface area contributed by atoms with Gasteiger partial charge in [-0.05, 0) is 50.2 Å². The second-order valence-corrected chi connectivity index (χ2v) is 7.48. The van der Waals surface area contributed by atoms with Crippen LogP contribution in [0.1, 0.15) is 34.6 Å². The zero-order valence-corrected chi connectivity index (χ0v) is 16.4. The van der Waals surface area contributed by atoms with Crippen molar-refractivity contribution in [1.29, 1.82) is 0 Å². The minimum Gasteiger partial charge on any atom is -0.375 e. The molecule has 0 aliphatic carbocycles. The van der Waals surface area contributed by atoms with Gasteiger partial charge in [0.2, 0.25) is 5.91 Å². The number of amides is 3. The molecule has 2 aromatic carbocycles. The first-order chi connectivity index (χ1) is 13.9. The highest BCUT2D eigenvalue weighted by Gasteiger charge is 2.36. The number of imide groups is 1. The number of ether oxygens (including phenoxy) is 1. The molecule has 150 valence electrons. The molecule has 0 saturated carbocycles. The first kappa shape index (κ1) is 19.1. The first-order valence-electron chi connectivity index (χ1n) is 9.67. The molecule has 4 rings (SSSR count). The molecule has 0 aromatic heterocycles. The summed E-state index contributed by atoms with van der Waals surface area (Å²) in [7, 11) is 0. The van der Waals surface area contributed by atoms with E-state index >= 15 is 0 Å². The molecule has 0 spiro atoms. The number of morpholine rings is 1. The third-order valence-corrected chi connectivity index (χ3v) is 5.27. The molecule has 0 radical (unpaired) electrons. The lowest BCUT2D eigenvalue weighted by atomic mass is 10.1. The lowest BCUT2D eigenvalue weighted by Gasteiger charge is -2.38. The molecule has 2 aliphatic heterocycles. The fraction of sp³-hybridized carbons (Fsp3) is 0.318. The van der Waals surface area contributed by atoms with Gasteiger partial charge in [0.05, 0.1) is 23.8 Å². The van der Waals surface area contributed by atoms with Crippen LogP contribution in [-0.2, 0) is 9.53 Å². The third kappa shape index (κ3) is 3.73. The molecule has 7 heteroatoms. The number of carbonyl (C=O) groups excluding carboxylic acids is 3. The molecule has 2 aromatic rings. The fourth-order valence-electron chi connectivity index (χ4n) is 3.73. The number of hydrogen-bond donors (Lipinski definition) is 1. The highest BCUT2D eigenvalue weighted by molar-refractivity contribution is 6.22. The van der Waals surface area contributed by atoms with Gasteiger partial charge in [-0.2, -0.15) is 0 Å². The maximum atomic E-state index is 12.4. The Morgan fingerprint density at radius 3 is 2.28 bits per heavy atom. The van der Waals surface area contributed by atoms with Crippen molar-refractivity contribution < 1.29 is 19.1 Å². The molecular formula is C22H23N3O4. The predicted octanol–water partition coefficient (Wildman–Crippen LogP) is 2.53. The molecule has 2 heterocycles. The van der Waals surface area contributed by atoms with Gasteiger partial charge in [0.25, 0.3) is 11.8 Å². The minimum absolute atomic E-state index is 0.172. The zero-order valence-electron chi connectivity index (χ0n) is 16.4. The lowest BCUT2D eigenvalue weighted by Crippen LogP contribution is -2.47. The van der Waals surface area contributed by atoms with Gasteiger partial charge < -0.3 is 15.0 Å². The Balaban J connectivity index is 1.39. The molecule has 2 atom stereocenters. The predicted molar refractivity (Wildman–Crippen MR) is 109 cm³/mol. The van der Waals surface area contributed by atoms with Crippen LogP contribution in [0.4, 0.5) is 11.4 Å². The molecule has 0 bridgehead atoms. The normalized spacial score (nSPS) is 21.3. The van der Waals surface area contributed by atoms with Crippen LogP contribution in [-0.4, -0.2) is 54.5 Å². The lowest BCUT2D eigenvalue weighted by molar-refractivity contribution is -0.116. The Morgan fingerprint density at radius 1 is 1.03 bits per heavy atom. The maximum Gasteiger partial charge on any atom is 0.262 e. The van der Waals surface area contributed by atoms with Crippen molar-refractivity contribution in [2.24, 2.45) is 0 Å². The van der Waals surface area contributed by atoms with Crippen molar-refractivity contribution in [3.05, 3.63) is 59.7 Å². The molecular weight excluding hydrogens is 370 g/mol. The van der Waals surface area contributed by atoms with E-state index in [1.807, 2.05) is 31.2 Å². The molecule has 3 amide bonds. The minimum atomic E-state index is -0.438. The molecule has 1 N–H and O–H groups in total. The van der Waals surface area contributed by atoms with Gasteiger partial charge >= 0.3 is 0 Å². The third-order valence-electron chi connectivity index (χ3n) is 5.27. The van der Waals surface area contributed by atoms with Crippen molar-refractivity contribution in [3.63, 3.8) is 0 Å². The molecule has 2 unspecified atom stereocenters. The van der Waals surface area contributed by atoms with Crippen LogP contribution in [0.2, 0.25) is 0 Å². The summed E-state index contributed by atoms with van der Waals surface area (Å²) >= 11 is 0. The van der Waals surface area contributed by atoms with E-state index in [0.29, 0.717) is 23.4 Å². The van der Waals surface area contributed by atoms with Gasteiger partial charge in [-0.1, -0.05) is 12.1 Å². The Hall–Kier alpha value is -3.19. The number of benzene rings is 2. The highest BCUT2D eigenvalue weighted by Crippen LogP contribution is 2.24. The largest absolute Gasteiger partial charge is 0.375 e. The summed E-state index contributed by atoms with van der Waals surface area (Å²) in [6.45, 7) is 5.34. The van der Waals surface area contributed by atoms with E-state index in [4.69, 9.17) is 4.74 Å².